The third kappa shape index (κ3) is 4.32. The van der Waals surface area contributed by atoms with Gasteiger partial charge < -0.3 is 10.2 Å². The summed E-state index contributed by atoms with van der Waals surface area (Å²) in [6, 6.07) is 6.60. The molecule has 1 aliphatic heterocycles. The maximum atomic E-state index is 12.7. The van der Waals surface area contributed by atoms with Gasteiger partial charge in [-0.1, -0.05) is 12.1 Å². The van der Waals surface area contributed by atoms with E-state index in [1.165, 1.54) is 6.26 Å². The Morgan fingerprint density at radius 2 is 1.78 bits per heavy atom. The Hall–Kier alpha value is -1.40. The predicted octanol–water partition coefficient (Wildman–Crippen LogP) is 1.62. The normalized spacial score (nSPS) is 17.7. The van der Waals surface area contributed by atoms with Crippen LogP contribution < -0.4 is 5.32 Å². The first kappa shape index (κ1) is 17.9. The molecule has 1 amide bonds. The van der Waals surface area contributed by atoms with Crippen LogP contribution in [0.25, 0.3) is 0 Å². The van der Waals surface area contributed by atoms with Crippen molar-refractivity contribution in [2.75, 3.05) is 25.9 Å². The van der Waals surface area contributed by atoms with E-state index in [9.17, 15) is 13.2 Å². The fourth-order valence-corrected chi connectivity index (χ4v) is 3.85. The molecular weight excluding hydrogens is 312 g/mol. The molecule has 0 aromatic heterocycles. The average molecular weight is 338 g/mol. The zero-order chi connectivity index (χ0) is 17.1. The Kier molecular flexibility index (Phi) is 5.47. The summed E-state index contributed by atoms with van der Waals surface area (Å²) >= 11 is 0. The van der Waals surface area contributed by atoms with Crippen LogP contribution >= 0.6 is 0 Å². The number of rotatable bonds is 5. The molecule has 0 unspecified atom stereocenters. The lowest BCUT2D eigenvalue weighted by Gasteiger charge is -2.44. The molecule has 6 heteroatoms. The average Bonchev–Trinajstić information content (AvgIpc) is 2.48. The van der Waals surface area contributed by atoms with Crippen LogP contribution in [0.3, 0.4) is 0 Å². The highest BCUT2D eigenvalue weighted by Gasteiger charge is 2.35. The van der Waals surface area contributed by atoms with Crippen LogP contribution in [-0.4, -0.2) is 50.7 Å². The number of piperidine rings is 1. The molecule has 128 valence electrons. The van der Waals surface area contributed by atoms with E-state index in [4.69, 9.17) is 0 Å². The standard InChI is InChI=1S/C17H26N2O3S/c1-4-19(17(2)9-11-18-12-10-17)16(20)13-14-5-7-15(8-6-14)23(3,21)22/h5-8,18H,4,9-13H2,1-3H3. The minimum atomic E-state index is -3.20. The Morgan fingerprint density at radius 3 is 2.26 bits per heavy atom. The molecule has 1 heterocycles. The molecule has 5 nitrogen and oxygen atoms in total. The third-order valence-corrected chi connectivity index (χ3v) is 5.78. The number of carbonyl (C=O) groups excluding carboxylic acids is 1. The van der Waals surface area contributed by atoms with Gasteiger partial charge in [0.25, 0.3) is 0 Å². The quantitative estimate of drug-likeness (QED) is 0.886. The van der Waals surface area contributed by atoms with Gasteiger partial charge in [-0.2, -0.15) is 0 Å². The summed E-state index contributed by atoms with van der Waals surface area (Å²) in [5.41, 5.74) is 0.752. The highest BCUT2D eigenvalue weighted by Crippen LogP contribution is 2.26. The number of nitrogens with zero attached hydrogens (tertiary/aromatic N) is 1. The van der Waals surface area contributed by atoms with E-state index in [0.29, 0.717) is 13.0 Å². The molecule has 0 aliphatic carbocycles. The maximum Gasteiger partial charge on any atom is 0.227 e. The van der Waals surface area contributed by atoms with Crippen molar-refractivity contribution in [3.05, 3.63) is 29.8 Å². The van der Waals surface area contributed by atoms with Gasteiger partial charge in [-0.3, -0.25) is 4.79 Å². The first-order chi connectivity index (χ1) is 10.8. The first-order valence-corrected chi connectivity index (χ1v) is 9.95. The van der Waals surface area contributed by atoms with E-state index in [1.807, 2.05) is 11.8 Å². The molecule has 1 N–H and O–H groups in total. The van der Waals surface area contributed by atoms with Crippen LogP contribution in [0.2, 0.25) is 0 Å². The van der Waals surface area contributed by atoms with Gasteiger partial charge in [0, 0.05) is 18.3 Å². The van der Waals surface area contributed by atoms with Gasteiger partial charge in [0.2, 0.25) is 5.91 Å². The molecule has 0 radical (unpaired) electrons. The molecular formula is C17H26N2O3S. The molecule has 1 aromatic carbocycles. The number of hydrogen-bond donors (Lipinski definition) is 1. The lowest BCUT2D eigenvalue weighted by molar-refractivity contribution is -0.137. The van der Waals surface area contributed by atoms with E-state index >= 15 is 0 Å². The topological polar surface area (TPSA) is 66.5 Å². The van der Waals surface area contributed by atoms with Gasteiger partial charge in [-0.05, 0) is 57.5 Å². The number of sulfone groups is 1. The number of hydrogen-bond acceptors (Lipinski definition) is 4. The molecule has 0 atom stereocenters. The smallest absolute Gasteiger partial charge is 0.227 e. The minimum absolute atomic E-state index is 0.0935. The second kappa shape index (κ2) is 7.01. The van der Waals surface area contributed by atoms with Crippen molar-refractivity contribution in [2.24, 2.45) is 0 Å². The summed E-state index contributed by atoms with van der Waals surface area (Å²) in [5, 5.41) is 3.33. The lowest BCUT2D eigenvalue weighted by atomic mass is 9.88. The van der Waals surface area contributed by atoms with E-state index in [1.54, 1.807) is 24.3 Å². The van der Waals surface area contributed by atoms with Crippen molar-refractivity contribution in [2.45, 2.75) is 43.5 Å². The van der Waals surface area contributed by atoms with Gasteiger partial charge >= 0.3 is 0 Å². The van der Waals surface area contributed by atoms with Crippen molar-refractivity contribution < 1.29 is 13.2 Å². The van der Waals surface area contributed by atoms with Crippen LogP contribution in [0, 0.1) is 0 Å². The van der Waals surface area contributed by atoms with Crippen LogP contribution in [0.15, 0.2) is 29.2 Å². The number of likely N-dealkylation sites (N-methyl/N-ethyl adjacent to an activating group) is 1. The van der Waals surface area contributed by atoms with Crippen molar-refractivity contribution in [3.63, 3.8) is 0 Å². The molecule has 0 bridgehead atoms. The van der Waals surface area contributed by atoms with Gasteiger partial charge in [-0.15, -0.1) is 0 Å². The molecule has 23 heavy (non-hydrogen) atoms. The molecule has 1 saturated heterocycles. The highest BCUT2D eigenvalue weighted by atomic mass is 32.2. The Morgan fingerprint density at radius 1 is 1.22 bits per heavy atom. The second-order valence-corrected chi connectivity index (χ2v) is 8.49. The van der Waals surface area contributed by atoms with Gasteiger partial charge in [-0.25, -0.2) is 8.42 Å². The summed E-state index contributed by atoms with van der Waals surface area (Å²) in [6.07, 6.45) is 3.41. The maximum absolute atomic E-state index is 12.7. The van der Waals surface area contributed by atoms with E-state index < -0.39 is 9.84 Å². The number of amides is 1. The molecule has 1 aliphatic rings. The Bertz CT molecular complexity index is 647. The molecule has 2 rings (SSSR count). The summed E-state index contributed by atoms with van der Waals surface area (Å²) in [7, 11) is -3.20. The summed E-state index contributed by atoms with van der Waals surface area (Å²) in [5.74, 6) is 0.101. The largest absolute Gasteiger partial charge is 0.337 e. The van der Waals surface area contributed by atoms with E-state index in [2.05, 4.69) is 12.2 Å². The molecule has 1 aromatic rings. The minimum Gasteiger partial charge on any atom is -0.337 e. The van der Waals surface area contributed by atoms with Crippen LogP contribution in [0.5, 0.6) is 0 Å². The number of benzene rings is 1. The van der Waals surface area contributed by atoms with E-state index in [0.717, 1.165) is 31.5 Å². The van der Waals surface area contributed by atoms with E-state index in [-0.39, 0.29) is 16.3 Å². The Balaban J connectivity index is 2.10. The fourth-order valence-electron chi connectivity index (χ4n) is 3.22. The third-order valence-electron chi connectivity index (χ3n) is 4.66. The molecule has 0 spiro atoms. The highest BCUT2D eigenvalue weighted by molar-refractivity contribution is 7.90. The Labute approximate surface area is 139 Å². The fraction of sp³-hybridized carbons (Fsp3) is 0.588. The van der Waals surface area contributed by atoms with Crippen LogP contribution in [-0.2, 0) is 21.1 Å². The zero-order valence-electron chi connectivity index (χ0n) is 14.1. The van der Waals surface area contributed by atoms with Crippen molar-refractivity contribution >= 4 is 15.7 Å². The summed E-state index contributed by atoms with van der Waals surface area (Å²) < 4.78 is 23.0. The zero-order valence-corrected chi connectivity index (χ0v) is 14.9. The molecule has 1 fully saturated rings. The number of nitrogens with one attached hydrogen (secondary N) is 1. The van der Waals surface area contributed by atoms with Gasteiger partial charge in [0.15, 0.2) is 9.84 Å². The van der Waals surface area contributed by atoms with Gasteiger partial charge in [0.05, 0.1) is 11.3 Å². The first-order valence-electron chi connectivity index (χ1n) is 8.06. The van der Waals surface area contributed by atoms with Crippen LogP contribution in [0.4, 0.5) is 0 Å². The number of carbonyl (C=O) groups is 1. The monoisotopic (exact) mass is 338 g/mol. The SMILES string of the molecule is CCN(C(=O)Cc1ccc(S(C)(=O)=O)cc1)C1(C)CCNCC1. The molecule has 0 saturated carbocycles. The summed E-state index contributed by atoms with van der Waals surface area (Å²) in [6.45, 7) is 6.73. The predicted molar refractivity (Wildman–Crippen MR) is 91.2 cm³/mol. The summed E-state index contributed by atoms with van der Waals surface area (Å²) in [4.78, 5) is 15.0. The lowest BCUT2D eigenvalue weighted by Crippen LogP contribution is -2.55. The van der Waals surface area contributed by atoms with Crippen molar-refractivity contribution in [1.82, 2.24) is 10.2 Å². The van der Waals surface area contributed by atoms with Gasteiger partial charge in [0.1, 0.15) is 0 Å². The van der Waals surface area contributed by atoms with Crippen molar-refractivity contribution in [1.29, 1.82) is 0 Å². The second-order valence-electron chi connectivity index (χ2n) is 6.48. The van der Waals surface area contributed by atoms with Crippen molar-refractivity contribution in [3.8, 4) is 0 Å². The van der Waals surface area contributed by atoms with Crippen LogP contribution in [0.1, 0.15) is 32.3 Å².